The van der Waals surface area contributed by atoms with Gasteiger partial charge in [-0.05, 0) is 31.9 Å². The average molecular weight is 368 g/mol. The number of rotatable bonds is 5. The number of hydrogen-bond acceptors (Lipinski definition) is 5. The minimum Gasteiger partial charge on any atom is -0.337 e. The third kappa shape index (κ3) is 3.36. The summed E-state index contributed by atoms with van der Waals surface area (Å²) >= 11 is 0. The summed E-state index contributed by atoms with van der Waals surface area (Å²) in [5.74, 6) is 2.02. The van der Waals surface area contributed by atoms with Crippen molar-refractivity contribution in [1.82, 2.24) is 39.2 Å². The topological polar surface area (TPSA) is 86.7 Å². The second-order valence-corrected chi connectivity index (χ2v) is 6.86. The Morgan fingerprint density at radius 1 is 1.26 bits per heavy atom. The summed E-state index contributed by atoms with van der Waals surface area (Å²) in [7, 11) is 1.99. The Morgan fingerprint density at radius 3 is 2.93 bits per heavy atom. The second-order valence-electron chi connectivity index (χ2n) is 6.86. The van der Waals surface area contributed by atoms with E-state index in [9.17, 15) is 4.79 Å². The van der Waals surface area contributed by atoms with Crippen molar-refractivity contribution in [2.24, 2.45) is 7.05 Å². The van der Waals surface area contributed by atoms with Crippen LogP contribution in [0.4, 0.5) is 0 Å². The van der Waals surface area contributed by atoms with Gasteiger partial charge in [-0.25, -0.2) is 0 Å². The molecule has 1 fully saturated rings. The maximum absolute atomic E-state index is 12.9. The highest BCUT2D eigenvalue weighted by atomic mass is 16.2. The minimum absolute atomic E-state index is 0.0398. The third-order valence-corrected chi connectivity index (χ3v) is 5.17. The van der Waals surface area contributed by atoms with E-state index in [1.165, 1.54) is 0 Å². The highest BCUT2D eigenvalue weighted by Crippen LogP contribution is 2.26. The van der Waals surface area contributed by atoms with Crippen molar-refractivity contribution < 1.29 is 4.79 Å². The molecule has 0 aliphatic carbocycles. The SMILES string of the molecule is CCn1nccc1C(=O)N1CCC[C@@H](c2nnc(Cn3cccn3)n2C)C1. The average Bonchev–Trinajstić information content (AvgIpc) is 3.44. The Bertz CT molecular complexity index is 910. The predicted molar refractivity (Wildman–Crippen MR) is 98.1 cm³/mol. The van der Waals surface area contributed by atoms with Gasteiger partial charge < -0.3 is 9.47 Å². The van der Waals surface area contributed by atoms with Crippen LogP contribution in [-0.2, 0) is 20.1 Å². The molecule has 9 heteroatoms. The third-order valence-electron chi connectivity index (χ3n) is 5.17. The molecule has 4 rings (SSSR count). The summed E-state index contributed by atoms with van der Waals surface area (Å²) in [4.78, 5) is 14.8. The van der Waals surface area contributed by atoms with Crippen LogP contribution in [0.2, 0.25) is 0 Å². The van der Waals surface area contributed by atoms with Gasteiger partial charge in [-0.3, -0.25) is 14.2 Å². The van der Waals surface area contributed by atoms with Crippen molar-refractivity contribution >= 4 is 5.91 Å². The highest BCUT2D eigenvalue weighted by molar-refractivity contribution is 5.92. The molecule has 9 nitrogen and oxygen atoms in total. The molecule has 0 saturated carbocycles. The Labute approximate surface area is 157 Å². The van der Waals surface area contributed by atoms with E-state index in [2.05, 4.69) is 20.4 Å². The number of aryl methyl sites for hydroxylation is 1. The van der Waals surface area contributed by atoms with Gasteiger partial charge in [0.15, 0.2) is 5.82 Å². The molecule has 1 aliphatic rings. The van der Waals surface area contributed by atoms with Gasteiger partial charge in [-0.15, -0.1) is 10.2 Å². The fourth-order valence-corrected chi connectivity index (χ4v) is 3.71. The molecule has 1 saturated heterocycles. The number of amides is 1. The van der Waals surface area contributed by atoms with Crippen LogP contribution in [0.1, 0.15) is 47.8 Å². The van der Waals surface area contributed by atoms with Crippen LogP contribution >= 0.6 is 0 Å². The molecule has 4 heterocycles. The zero-order valence-electron chi connectivity index (χ0n) is 15.7. The Morgan fingerprint density at radius 2 is 2.15 bits per heavy atom. The maximum Gasteiger partial charge on any atom is 0.272 e. The van der Waals surface area contributed by atoms with E-state index in [0.717, 1.165) is 31.0 Å². The van der Waals surface area contributed by atoms with E-state index in [1.807, 2.05) is 40.4 Å². The molecular weight excluding hydrogens is 344 g/mol. The van der Waals surface area contributed by atoms with Gasteiger partial charge in [-0.1, -0.05) is 0 Å². The van der Waals surface area contributed by atoms with E-state index in [-0.39, 0.29) is 11.8 Å². The van der Waals surface area contributed by atoms with Crippen LogP contribution in [0.5, 0.6) is 0 Å². The van der Waals surface area contributed by atoms with E-state index < -0.39 is 0 Å². The van der Waals surface area contributed by atoms with Crippen molar-refractivity contribution in [2.75, 3.05) is 13.1 Å². The number of piperidine rings is 1. The summed E-state index contributed by atoms with van der Waals surface area (Å²) < 4.78 is 5.61. The smallest absolute Gasteiger partial charge is 0.272 e. The Balaban J connectivity index is 1.50. The minimum atomic E-state index is 0.0398. The summed E-state index contributed by atoms with van der Waals surface area (Å²) in [6, 6.07) is 3.68. The lowest BCUT2D eigenvalue weighted by molar-refractivity contribution is 0.0691. The van der Waals surface area contributed by atoms with Crippen LogP contribution in [0.15, 0.2) is 30.7 Å². The fourth-order valence-electron chi connectivity index (χ4n) is 3.71. The molecule has 0 spiro atoms. The van der Waals surface area contributed by atoms with Crippen LogP contribution < -0.4 is 0 Å². The molecule has 0 bridgehead atoms. The summed E-state index contributed by atoms with van der Waals surface area (Å²) in [6.45, 7) is 4.68. The summed E-state index contributed by atoms with van der Waals surface area (Å²) in [6.07, 6.45) is 7.31. The number of carbonyl (C=O) groups excluding carboxylic acids is 1. The zero-order chi connectivity index (χ0) is 18.8. The first kappa shape index (κ1) is 17.4. The molecule has 0 radical (unpaired) electrons. The van der Waals surface area contributed by atoms with E-state index in [4.69, 9.17) is 0 Å². The molecule has 142 valence electrons. The number of aromatic nitrogens is 7. The summed E-state index contributed by atoms with van der Waals surface area (Å²) in [5, 5.41) is 17.2. The Hall–Kier alpha value is -2.97. The van der Waals surface area contributed by atoms with E-state index in [0.29, 0.717) is 25.3 Å². The first-order valence-electron chi connectivity index (χ1n) is 9.34. The lowest BCUT2D eigenvalue weighted by Gasteiger charge is -2.32. The van der Waals surface area contributed by atoms with Crippen molar-refractivity contribution in [2.45, 2.75) is 38.8 Å². The molecule has 1 amide bonds. The molecule has 0 N–H and O–H groups in total. The fraction of sp³-hybridized carbons (Fsp3) is 0.500. The van der Waals surface area contributed by atoms with Gasteiger partial charge in [-0.2, -0.15) is 10.2 Å². The lowest BCUT2D eigenvalue weighted by atomic mass is 9.97. The number of nitrogens with zero attached hydrogens (tertiary/aromatic N) is 8. The van der Waals surface area contributed by atoms with E-state index in [1.54, 1.807) is 23.1 Å². The largest absolute Gasteiger partial charge is 0.337 e. The van der Waals surface area contributed by atoms with Crippen molar-refractivity contribution in [3.05, 3.63) is 48.1 Å². The van der Waals surface area contributed by atoms with Crippen LogP contribution in [0, 0.1) is 0 Å². The van der Waals surface area contributed by atoms with Crippen molar-refractivity contribution in [1.29, 1.82) is 0 Å². The first-order valence-corrected chi connectivity index (χ1v) is 9.34. The first-order chi connectivity index (χ1) is 13.2. The number of carbonyl (C=O) groups is 1. The quantitative estimate of drug-likeness (QED) is 0.677. The van der Waals surface area contributed by atoms with Crippen LogP contribution in [0.25, 0.3) is 0 Å². The summed E-state index contributed by atoms with van der Waals surface area (Å²) in [5.41, 5.74) is 0.649. The molecule has 1 atom stereocenters. The molecule has 3 aromatic rings. The zero-order valence-corrected chi connectivity index (χ0v) is 15.7. The molecular formula is C18H24N8O. The monoisotopic (exact) mass is 368 g/mol. The molecule has 3 aromatic heterocycles. The van der Waals surface area contributed by atoms with Crippen LogP contribution in [-0.4, -0.2) is 58.2 Å². The Kier molecular flexibility index (Phi) is 4.74. The van der Waals surface area contributed by atoms with Crippen LogP contribution in [0.3, 0.4) is 0 Å². The molecule has 0 aromatic carbocycles. The van der Waals surface area contributed by atoms with Gasteiger partial charge in [0.05, 0.1) is 0 Å². The van der Waals surface area contributed by atoms with Crippen molar-refractivity contribution in [3.63, 3.8) is 0 Å². The lowest BCUT2D eigenvalue weighted by Crippen LogP contribution is -2.40. The van der Waals surface area contributed by atoms with Gasteiger partial charge in [0.2, 0.25) is 0 Å². The van der Waals surface area contributed by atoms with E-state index >= 15 is 0 Å². The second kappa shape index (κ2) is 7.34. The van der Waals surface area contributed by atoms with Gasteiger partial charge in [0.25, 0.3) is 5.91 Å². The van der Waals surface area contributed by atoms with Crippen molar-refractivity contribution in [3.8, 4) is 0 Å². The maximum atomic E-state index is 12.9. The van der Waals surface area contributed by atoms with Gasteiger partial charge >= 0.3 is 0 Å². The number of hydrogen-bond donors (Lipinski definition) is 0. The molecule has 1 aliphatic heterocycles. The standard InChI is InChI=1S/C18H24N8O/c1-3-26-15(7-9-20-26)18(27)24-10-4-6-14(12-24)17-22-21-16(23(17)2)13-25-11-5-8-19-25/h5,7-9,11,14H,3-4,6,10,12-13H2,1-2H3/t14-/m1/s1. The number of likely N-dealkylation sites (tertiary alicyclic amines) is 1. The predicted octanol–water partition coefficient (Wildman–Crippen LogP) is 1.30. The van der Waals surface area contributed by atoms with Gasteiger partial charge in [0.1, 0.15) is 18.1 Å². The molecule has 0 unspecified atom stereocenters. The normalized spacial score (nSPS) is 17.4. The molecule has 27 heavy (non-hydrogen) atoms. The highest BCUT2D eigenvalue weighted by Gasteiger charge is 2.30. The van der Waals surface area contributed by atoms with Gasteiger partial charge in [0, 0.05) is 51.2 Å².